The Morgan fingerprint density at radius 3 is 2.09 bits per heavy atom. The van der Waals surface area contributed by atoms with Gasteiger partial charge in [-0.05, 0) is 42.0 Å². The first-order valence-electron chi connectivity index (χ1n) is 11.4. The van der Waals surface area contributed by atoms with E-state index in [9.17, 15) is 14.7 Å². The number of hydrogen-bond donors (Lipinski definition) is 1. The number of unbranched alkanes of at least 4 members (excludes halogenated alkanes) is 2. The van der Waals surface area contributed by atoms with Gasteiger partial charge in [0, 0.05) is 6.08 Å². The first-order valence-corrected chi connectivity index (χ1v) is 11.4. The zero-order valence-corrected chi connectivity index (χ0v) is 19.6. The lowest BCUT2D eigenvalue weighted by Gasteiger charge is -2.18. The molecule has 2 aromatic carbocycles. The van der Waals surface area contributed by atoms with E-state index in [2.05, 4.69) is 44.3 Å². The first kappa shape index (κ1) is 26.1. The molecule has 0 saturated carbocycles. The monoisotopic (exact) mass is 450 g/mol. The van der Waals surface area contributed by atoms with Crippen LogP contribution in [0.3, 0.4) is 0 Å². The minimum atomic E-state index is -0.994. The van der Waals surface area contributed by atoms with Gasteiger partial charge >= 0.3 is 11.9 Å². The van der Waals surface area contributed by atoms with E-state index in [1.54, 1.807) is 0 Å². The average Bonchev–Trinajstić information content (AvgIpc) is 2.84. The van der Waals surface area contributed by atoms with E-state index in [1.165, 1.54) is 31.7 Å². The molecule has 0 saturated heterocycles. The molecule has 0 radical (unpaired) electrons. The number of aliphatic hydroxyl groups excluding tert-OH is 1. The van der Waals surface area contributed by atoms with Crippen molar-refractivity contribution in [3.63, 3.8) is 0 Å². The fourth-order valence-corrected chi connectivity index (χ4v) is 3.31. The van der Waals surface area contributed by atoms with E-state index in [0.717, 1.165) is 29.2 Å². The minimum absolute atomic E-state index is 0.0131. The Morgan fingerprint density at radius 1 is 0.970 bits per heavy atom. The molecule has 1 N–H and O–H groups in total. The molecule has 0 aliphatic carbocycles. The molecular formula is C28H34O5. The quantitative estimate of drug-likeness (QED) is 0.252. The van der Waals surface area contributed by atoms with Gasteiger partial charge < -0.3 is 14.6 Å². The predicted octanol–water partition coefficient (Wildman–Crippen LogP) is 5.38. The van der Waals surface area contributed by atoms with Gasteiger partial charge in [0.05, 0.1) is 17.6 Å². The second-order valence-electron chi connectivity index (χ2n) is 8.11. The van der Waals surface area contributed by atoms with Crippen LogP contribution in [0.2, 0.25) is 0 Å². The van der Waals surface area contributed by atoms with Crippen molar-refractivity contribution in [2.75, 3.05) is 13.2 Å². The van der Waals surface area contributed by atoms with Crippen molar-refractivity contribution in [3.05, 3.63) is 84.5 Å². The number of benzene rings is 2. The molecule has 33 heavy (non-hydrogen) atoms. The third-order valence-corrected chi connectivity index (χ3v) is 5.51. The number of rotatable bonds is 13. The van der Waals surface area contributed by atoms with Crippen LogP contribution in [0.15, 0.2) is 73.3 Å². The second-order valence-corrected chi connectivity index (χ2v) is 8.11. The molecule has 2 rings (SSSR count). The molecule has 0 fully saturated rings. The summed E-state index contributed by atoms with van der Waals surface area (Å²) in [5.74, 6) is -1.59. The van der Waals surface area contributed by atoms with Crippen LogP contribution in [0.1, 0.15) is 50.2 Å². The van der Waals surface area contributed by atoms with Crippen molar-refractivity contribution in [2.24, 2.45) is 0 Å². The maximum Gasteiger partial charge on any atom is 0.336 e. The largest absolute Gasteiger partial charge is 0.462 e. The van der Waals surface area contributed by atoms with Gasteiger partial charge in [0.15, 0.2) is 0 Å². The third kappa shape index (κ3) is 8.35. The van der Waals surface area contributed by atoms with Crippen molar-refractivity contribution in [1.82, 2.24) is 0 Å². The molecular weight excluding hydrogens is 416 g/mol. The van der Waals surface area contributed by atoms with Crippen LogP contribution >= 0.6 is 0 Å². The lowest BCUT2D eigenvalue weighted by atomic mass is 9.96. The highest BCUT2D eigenvalue weighted by Crippen LogP contribution is 2.25. The molecule has 2 unspecified atom stereocenters. The Kier molecular flexibility index (Phi) is 10.6. The van der Waals surface area contributed by atoms with Gasteiger partial charge in [0.25, 0.3) is 0 Å². The second kappa shape index (κ2) is 13.4. The van der Waals surface area contributed by atoms with Crippen molar-refractivity contribution in [3.8, 4) is 11.1 Å². The molecule has 176 valence electrons. The fourth-order valence-electron chi connectivity index (χ4n) is 3.31. The number of carbonyl (C=O) groups is 2. The van der Waals surface area contributed by atoms with E-state index < -0.39 is 18.0 Å². The van der Waals surface area contributed by atoms with Crippen molar-refractivity contribution in [1.29, 1.82) is 0 Å². The Bertz CT molecular complexity index is 926. The van der Waals surface area contributed by atoms with Crippen LogP contribution in [0.4, 0.5) is 0 Å². The lowest BCUT2D eigenvalue weighted by molar-refractivity contribution is -0.142. The van der Waals surface area contributed by atoms with E-state index in [1.807, 2.05) is 24.3 Å². The highest BCUT2D eigenvalue weighted by atomic mass is 16.5. The number of aliphatic hydroxyl groups is 1. The molecule has 2 atom stereocenters. The first-order chi connectivity index (χ1) is 15.8. The standard InChI is InChI=1S/C28H34O5/c1-5-7-8-9-22-10-12-23(13-11-22)24-14-16-25(17-15-24)26(18-32-27(30)6-2)19-33-28(31)20(3)21(4)29/h6,10-17,21,26,29H,2-3,5,7-9,18-19H2,1,4H3. The van der Waals surface area contributed by atoms with E-state index in [-0.39, 0.29) is 24.7 Å². The topological polar surface area (TPSA) is 72.8 Å². The number of carbonyl (C=O) groups excluding carboxylic acids is 2. The van der Waals surface area contributed by atoms with E-state index in [0.29, 0.717) is 0 Å². The third-order valence-electron chi connectivity index (χ3n) is 5.51. The molecule has 5 heteroatoms. The molecule has 2 aromatic rings. The maximum atomic E-state index is 12.1. The van der Waals surface area contributed by atoms with Crippen molar-refractivity contribution >= 4 is 11.9 Å². The van der Waals surface area contributed by atoms with Crippen LogP contribution in [0.25, 0.3) is 11.1 Å². The minimum Gasteiger partial charge on any atom is -0.462 e. The van der Waals surface area contributed by atoms with E-state index in [4.69, 9.17) is 9.47 Å². The smallest absolute Gasteiger partial charge is 0.336 e. The Labute approximate surface area is 196 Å². The molecule has 0 amide bonds. The van der Waals surface area contributed by atoms with Crippen LogP contribution in [-0.4, -0.2) is 36.4 Å². The van der Waals surface area contributed by atoms with E-state index >= 15 is 0 Å². The molecule has 0 spiro atoms. The molecule has 0 heterocycles. The molecule has 0 aliphatic heterocycles. The Hall–Kier alpha value is -3.18. The summed E-state index contributed by atoms with van der Waals surface area (Å²) in [6, 6.07) is 16.5. The van der Waals surface area contributed by atoms with Crippen LogP contribution in [0, 0.1) is 0 Å². The lowest BCUT2D eigenvalue weighted by Crippen LogP contribution is -2.22. The maximum absolute atomic E-state index is 12.1. The average molecular weight is 451 g/mol. The van der Waals surface area contributed by atoms with Crippen LogP contribution in [0.5, 0.6) is 0 Å². The Balaban J connectivity index is 2.10. The van der Waals surface area contributed by atoms with Crippen molar-refractivity contribution in [2.45, 2.75) is 51.6 Å². The normalized spacial score (nSPS) is 12.5. The summed E-state index contributed by atoms with van der Waals surface area (Å²) in [4.78, 5) is 23.6. The fraction of sp³-hybridized carbons (Fsp3) is 0.357. The van der Waals surface area contributed by atoms with Gasteiger partial charge in [-0.15, -0.1) is 0 Å². The number of aryl methyl sites for hydroxylation is 1. The summed E-state index contributed by atoms with van der Waals surface area (Å²) in [7, 11) is 0. The van der Waals surface area contributed by atoms with Gasteiger partial charge in [-0.3, -0.25) is 0 Å². The van der Waals surface area contributed by atoms with Gasteiger partial charge in [-0.1, -0.05) is 81.5 Å². The zero-order chi connectivity index (χ0) is 24.2. The highest BCUT2D eigenvalue weighted by molar-refractivity contribution is 5.88. The number of ether oxygens (including phenoxy) is 2. The number of hydrogen-bond acceptors (Lipinski definition) is 5. The molecule has 0 aliphatic rings. The van der Waals surface area contributed by atoms with Gasteiger partial charge in [-0.2, -0.15) is 0 Å². The molecule has 0 aromatic heterocycles. The summed E-state index contributed by atoms with van der Waals surface area (Å²) in [5.41, 5.74) is 4.37. The van der Waals surface area contributed by atoms with Crippen molar-refractivity contribution < 1.29 is 24.2 Å². The summed E-state index contributed by atoms with van der Waals surface area (Å²) in [6.45, 7) is 10.6. The van der Waals surface area contributed by atoms with Crippen LogP contribution < -0.4 is 0 Å². The van der Waals surface area contributed by atoms with Gasteiger partial charge in [0.1, 0.15) is 13.2 Å². The SMILES string of the molecule is C=CC(=O)OCC(COC(=O)C(=C)C(C)O)c1ccc(-c2ccc(CCCCC)cc2)cc1. The van der Waals surface area contributed by atoms with Gasteiger partial charge in [0.2, 0.25) is 0 Å². The summed E-state index contributed by atoms with van der Waals surface area (Å²) >= 11 is 0. The summed E-state index contributed by atoms with van der Waals surface area (Å²) < 4.78 is 10.5. The zero-order valence-electron chi connectivity index (χ0n) is 19.6. The molecule has 0 bridgehead atoms. The molecule has 5 nitrogen and oxygen atoms in total. The predicted molar refractivity (Wildman–Crippen MR) is 131 cm³/mol. The van der Waals surface area contributed by atoms with Crippen LogP contribution in [-0.2, 0) is 25.5 Å². The highest BCUT2D eigenvalue weighted by Gasteiger charge is 2.19. The van der Waals surface area contributed by atoms with Gasteiger partial charge in [-0.25, -0.2) is 9.59 Å². The summed E-state index contributed by atoms with van der Waals surface area (Å²) in [6.07, 6.45) is 4.86. The Morgan fingerprint density at radius 2 is 1.55 bits per heavy atom. The number of esters is 2. The summed E-state index contributed by atoms with van der Waals surface area (Å²) in [5, 5.41) is 9.51.